The second-order valence-electron chi connectivity index (χ2n) is 2.01. The molecule has 0 unspecified atom stereocenters. The lowest BCUT2D eigenvalue weighted by molar-refractivity contribution is 0.159. The highest BCUT2D eigenvalue weighted by Gasteiger charge is 2.32. The van der Waals surface area contributed by atoms with E-state index in [2.05, 4.69) is 0 Å². The first-order valence-electron chi connectivity index (χ1n) is 3.73. The van der Waals surface area contributed by atoms with E-state index in [4.69, 9.17) is 20.6 Å². The van der Waals surface area contributed by atoms with E-state index in [1.807, 2.05) is 0 Å². The van der Waals surface area contributed by atoms with Gasteiger partial charge in [0, 0.05) is 0 Å². The summed E-state index contributed by atoms with van der Waals surface area (Å²) >= 11 is 5.33. The molecule has 0 saturated heterocycles. The van der Waals surface area contributed by atoms with Crippen molar-refractivity contribution in [3.05, 3.63) is 0 Å². The fourth-order valence-electron chi connectivity index (χ4n) is 0.654. The summed E-state index contributed by atoms with van der Waals surface area (Å²) in [5, 5.41) is 9.19. The van der Waals surface area contributed by atoms with Crippen LogP contribution in [0.3, 0.4) is 0 Å². The van der Waals surface area contributed by atoms with Gasteiger partial charge in [-0.1, -0.05) is 0 Å². The van der Waals surface area contributed by atoms with Crippen molar-refractivity contribution in [2.45, 2.75) is 19.7 Å². The third-order valence-electron chi connectivity index (χ3n) is 1.12. The Labute approximate surface area is 77.4 Å². The summed E-state index contributed by atoms with van der Waals surface area (Å²) in [6.45, 7) is 3.80. The maximum Gasteiger partial charge on any atom is 0.360 e. The molecule has 74 valence electrons. The molecule has 0 aromatic heterocycles. The van der Waals surface area contributed by atoms with Gasteiger partial charge >= 0.3 is 7.60 Å². The van der Waals surface area contributed by atoms with E-state index in [9.17, 15) is 9.67 Å². The Morgan fingerprint density at radius 3 is 2.08 bits per heavy atom. The maximum atomic E-state index is 11.6. The molecule has 0 fully saturated rings. The fourth-order valence-corrected chi connectivity index (χ4v) is 2.47. The molecule has 0 amide bonds. The van der Waals surface area contributed by atoms with Gasteiger partial charge in [-0.2, -0.15) is 0 Å². The molecule has 0 rings (SSSR count). The van der Waals surface area contributed by atoms with E-state index in [0.717, 1.165) is 0 Å². The number of hydrogen-bond acceptors (Lipinski definition) is 4. The molecule has 1 N–H and O–H groups in total. The highest BCUT2D eigenvalue weighted by atomic mass is 35.5. The number of aliphatic hydroxyl groups is 1. The van der Waals surface area contributed by atoms with Crippen LogP contribution >= 0.6 is 19.2 Å². The average molecular weight is 217 g/mol. The number of aliphatic hydroxyl groups excluding tert-OH is 1. The van der Waals surface area contributed by atoms with E-state index in [1.54, 1.807) is 13.8 Å². The molecule has 0 aromatic rings. The van der Waals surface area contributed by atoms with Gasteiger partial charge in [0.15, 0.2) is 5.85 Å². The molecule has 0 aromatic carbocycles. The second-order valence-corrected chi connectivity index (χ2v) is 4.51. The van der Waals surface area contributed by atoms with Crippen LogP contribution in [0.2, 0.25) is 0 Å². The van der Waals surface area contributed by atoms with Gasteiger partial charge in [0.2, 0.25) is 0 Å². The summed E-state index contributed by atoms with van der Waals surface area (Å²) in [4.78, 5) is 0. The SMILES string of the molecule is CCOP(=O)(OCC)[C@H](O)CCl. The molecule has 0 spiro atoms. The molecule has 0 aliphatic carbocycles. The lowest BCUT2D eigenvalue weighted by Gasteiger charge is -2.20. The van der Waals surface area contributed by atoms with Crippen LogP contribution in [0.15, 0.2) is 0 Å². The minimum absolute atomic E-state index is 0.155. The molecule has 1 atom stereocenters. The summed E-state index contributed by atoms with van der Waals surface area (Å²) in [6, 6.07) is 0. The maximum absolute atomic E-state index is 11.6. The Morgan fingerprint density at radius 1 is 1.42 bits per heavy atom. The number of rotatable bonds is 6. The van der Waals surface area contributed by atoms with Crippen LogP contribution in [0.25, 0.3) is 0 Å². The van der Waals surface area contributed by atoms with Crippen molar-refractivity contribution >= 4 is 19.2 Å². The predicted octanol–water partition coefficient (Wildman–Crippen LogP) is 1.81. The minimum Gasteiger partial charge on any atom is -0.379 e. The van der Waals surface area contributed by atoms with E-state index < -0.39 is 13.4 Å². The third kappa shape index (κ3) is 3.42. The molecule has 0 bridgehead atoms. The monoisotopic (exact) mass is 216 g/mol. The molecular formula is C6H14ClO4P. The Kier molecular flexibility index (Phi) is 6.14. The van der Waals surface area contributed by atoms with Gasteiger partial charge in [-0.3, -0.25) is 4.57 Å². The highest BCUT2D eigenvalue weighted by Crippen LogP contribution is 2.52. The normalized spacial score (nSPS) is 14.7. The van der Waals surface area contributed by atoms with E-state index >= 15 is 0 Å². The first-order chi connectivity index (χ1) is 5.60. The van der Waals surface area contributed by atoms with E-state index in [0.29, 0.717) is 0 Å². The molecule has 0 aliphatic rings. The van der Waals surface area contributed by atoms with Crippen LogP contribution < -0.4 is 0 Å². The molecule has 6 heteroatoms. The van der Waals surface area contributed by atoms with Crippen LogP contribution in [0.4, 0.5) is 0 Å². The van der Waals surface area contributed by atoms with Gasteiger partial charge in [-0.25, -0.2) is 0 Å². The highest BCUT2D eigenvalue weighted by molar-refractivity contribution is 7.54. The summed E-state index contributed by atoms with van der Waals surface area (Å²) < 4.78 is 21.2. The van der Waals surface area contributed by atoms with Crippen molar-refractivity contribution in [3.63, 3.8) is 0 Å². The smallest absolute Gasteiger partial charge is 0.360 e. The molecule has 0 aliphatic heterocycles. The molecule has 0 saturated carbocycles. The Morgan fingerprint density at radius 2 is 1.83 bits per heavy atom. The standard InChI is InChI=1S/C6H14ClO4P/c1-3-10-12(9,11-4-2)6(8)5-7/h6,8H,3-5H2,1-2H3/t6-/m0/s1. The molecule has 4 nitrogen and oxygen atoms in total. The molecule has 0 heterocycles. The van der Waals surface area contributed by atoms with Gasteiger partial charge in [0.05, 0.1) is 19.1 Å². The number of alkyl halides is 1. The summed E-state index contributed by atoms with van der Waals surface area (Å²) in [5.41, 5.74) is 0. The van der Waals surface area contributed by atoms with Gasteiger partial charge in [0.25, 0.3) is 0 Å². The zero-order valence-electron chi connectivity index (χ0n) is 7.20. The molecule has 12 heavy (non-hydrogen) atoms. The van der Waals surface area contributed by atoms with Gasteiger partial charge in [0.1, 0.15) is 0 Å². The predicted molar refractivity (Wildman–Crippen MR) is 47.6 cm³/mol. The van der Waals surface area contributed by atoms with Crippen LogP contribution in [0, 0.1) is 0 Å². The van der Waals surface area contributed by atoms with E-state index in [-0.39, 0.29) is 19.1 Å². The van der Waals surface area contributed by atoms with Crippen molar-refractivity contribution in [3.8, 4) is 0 Å². The summed E-state index contributed by atoms with van der Waals surface area (Å²) in [7, 11) is -3.39. The first-order valence-corrected chi connectivity index (χ1v) is 5.88. The summed E-state index contributed by atoms with van der Waals surface area (Å²) in [5.74, 6) is -1.39. The van der Waals surface area contributed by atoms with Crippen LogP contribution in [0.1, 0.15) is 13.8 Å². The summed E-state index contributed by atoms with van der Waals surface area (Å²) in [6.07, 6.45) is 0. The van der Waals surface area contributed by atoms with Crippen molar-refractivity contribution in [1.82, 2.24) is 0 Å². The van der Waals surface area contributed by atoms with Crippen molar-refractivity contribution in [2.24, 2.45) is 0 Å². The topological polar surface area (TPSA) is 55.8 Å². The van der Waals surface area contributed by atoms with Crippen LogP contribution in [-0.2, 0) is 13.6 Å². The van der Waals surface area contributed by atoms with Crippen LogP contribution in [0.5, 0.6) is 0 Å². The largest absolute Gasteiger partial charge is 0.379 e. The van der Waals surface area contributed by atoms with Crippen molar-refractivity contribution in [1.29, 1.82) is 0 Å². The molecular weight excluding hydrogens is 202 g/mol. The fraction of sp³-hybridized carbons (Fsp3) is 1.00. The lowest BCUT2D eigenvalue weighted by Crippen LogP contribution is -2.14. The van der Waals surface area contributed by atoms with Gasteiger partial charge < -0.3 is 14.2 Å². The average Bonchev–Trinajstić information content (AvgIpc) is 2.04. The van der Waals surface area contributed by atoms with Gasteiger partial charge in [-0.05, 0) is 13.8 Å². The second kappa shape index (κ2) is 5.95. The zero-order valence-corrected chi connectivity index (χ0v) is 8.85. The quantitative estimate of drug-likeness (QED) is 0.544. The van der Waals surface area contributed by atoms with E-state index in [1.165, 1.54) is 0 Å². The number of hydrogen-bond donors (Lipinski definition) is 1. The Hall–Kier alpha value is 0.400. The zero-order chi connectivity index (χ0) is 9.61. The van der Waals surface area contributed by atoms with Crippen molar-refractivity contribution in [2.75, 3.05) is 19.1 Å². The number of halogens is 1. The molecule has 0 radical (unpaired) electrons. The Balaban J connectivity index is 4.27. The van der Waals surface area contributed by atoms with Crippen molar-refractivity contribution < 1.29 is 18.7 Å². The minimum atomic E-state index is -3.39. The Bertz CT molecular complexity index is 154. The van der Waals surface area contributed by atoms with Crippen LogP contribution in [-0.4, -0.2) is 30.0 Å². The first kappa shape index (κ1) is 12.4. The van der Waals surface area contributed by atoms with Gasteiger partial charge in [-0.15, -0.1) is 11.6 Å². The lowest BCUT2D eigenvalue weighted by atomic mass is 10.9. The third-order valence-corrected chi connectivity index (χ3v) is 3.78.